The molecule has 0 saturated carbocycles. The first-order chi connectivity index (χ1) is 37.5. The summed E-state index contributed by atoms with van der Waals surface area (Å²) in [6.07, 6.45) is 9.96. The zero-order valence-corrected chi connectivity index (χ0v) is 45.9. The Balaban J connectivity index is 1.01. The Morgan fingerprint density at radius 1 is 0.447 bits per heavy atom. The summed E-state index contributed by atoms with van der Waals surface area (Å²) in [7, 11) is 3.55. The predicted molar refractivity (Wildman–Crippen MR) is 313 cm³/mol. The van der Waals surface area contributed by atoms with Crippen LogP contribution in [0.15, 0.2) is 121 Å². The van der Waals surface area contributed by atoms with Gasteiger partial charge >= 0.3 is 0 Å². The first kappa shape index (κ1) is 50.7. The molecule has 0 spiro atoms. The number of carbonyl (C=O) groups excluding carboxylic acids is 1. The van der Waals surface area contributed by atoms with Gasteiger partial charge in [-0.05, 0) is 210 Å². The SMILES string of the molecule is COc1cc(-c2cccc3sc(-c4ccc(OCCN5CCCC5)cc4)c(C(=O)c4c(-c5ccc(OCCN6CCCC6)cc5)sc5cccc(-c6ccc(CN7CCCC7)c(OC)c6)c45)c23)ccc1CN1CCCC1. The molecule has 0 unspecified atom stereocenters. The smallest absolute Gasteiger partial charge is 0.197 e. The van der Waals surface area contributed by atoms with E-state index in [0.717, 1.165) is 165 Å². The predicted octanol–water partition coefficient (Wildman–Crippen LogP) is 14.2. The Morgan fingerprint density at radius 3 is 1.20 bits per heavy atom. The quantitative estimate of drug-likeness (QED) is 0.0695. The lowest BCUT2D eigenvalue weighted by Crippen LogP contribution is -2.25. The molecule has 4 fully saturated rings. The summed E-state index contributed by atoms with van der Waals surface area (Å²) in [5.41, 5.74) is 9.77. The molecule has 0 atom stereocenters. The van der Waals surface area contributed by atoms with Gasteiger partial charge in [0.1, 0.15) is 36.2 Å². The molecule has 0 bridgehead atoms. The molecule has 76 heavy (non-hydrogen) atoms. The molecule has 12 rings (SSSR count). The highest BCUT2D eigenvalue weighted by molar-refractivity contribution is 7.23. The van der Waals surface area contributed by atoms with Crippen LogP contribution in [0, 0.1) is 0 Å². The van der Waals surface area contributed by atoms with Gasteiger partial charge in [-0.3, -0.25) is 24.4 Å². The van der Waals surface area contributed by atoms with E-state index in [1.165, 1.54) is 62.5 Å². The minimum absolute atomic E-state index is 0.00508. The largest absolute Gasteiger partial charge is 0.496 e. The first-order valence-corrected chi connectivity index (χ1v) is 29.5. The highest BCUT2D eigenvalue weighted by Gasteiger charge is 2.31. The molecule has 4 saturated heterocycles. The Morgan fingerprint density at radius 2 is 0.816 bits per heavy atom. The van der Waals surface area contributed by atoms with E-state index in [4.69, 9.17) is 18.9 Å². The van der Waals surface area contributed by atoms with E-state index < -0.39 is 0 Å². The van der Waals surface area contributed by atoms with E-state index in [2.05, 4.69) is 141 Å². The van der Waals surface area contributed by atoms with E-state index in [1.54, 1.807) is 36.9 Å². The molecule has 0 N–H and O–H groups in total. The summed E-state index contributed by atoms with van der Waals surface area (Å²) in [4.78, 5) is 28.7. The molecule has 0 radical (unpaired) electrons. The number of ether oxygens (including phenoxy) is 4. The molecule has 6 aromatic carbocycles. The molecule has 0 amide bonds. The lowest BCUT2D eigenvalue weighted by molar-refractivity contribution is 0.104. The maximum Gasteiger partial charge on any atom is 0.197 e. The third-order valence-corrected chi connectivity index (χ3v) is 18.7. The van der Waals surface area contributed by atoms with Crippen molar-refractivity contribution in [1.82, 2.24) is 19.6 Å². The van der Waals surface area contributed by atoms with Gasteiger partial charge in [-0.1, -0.05) is 48.5 Å². The van der Waals surface area contributed by atoms with Crippen LogP contribution in [0.1, 0.15) is 78.4 Å². The highest BCUT2D eigenvalue weighted by atomic mass is 32.1. The molecule has 6 heterocycles. The zero-order chi connectivity index (χ0) is 51.4. The Bertz CT molecular complexity index is 3090. The van der Waals surface area contributed by atoms with E-state index in [9.17, 15) is 0 Å². The molecule has 9 nitrogen and oxygen atoms in total. The summed E-state index contributed by atoms with van der Waals surface area (Å²) in [6.45, 7) is 13.8. The van der Waals surface area contributed by atoms with Gasteiger partial charge in [0.2, 0.25) is 0 Å². The normalized spacial score (nSPS) is 16.7. The molecule has 2 aromatic heterocycles. The van der Waals surface area contributed by atoms with E-state index in [-0.39, 0.29) is 5.78 Å². The van der Waals surface area contributed by atoms with Crippen molar-refractivity contribution in [2.75, 3.05) is 92.9 Å². The van der Waals surface area contributed by atoms with E-state index in [0.29, 0.717) is 24.3 Å². The van der Waals surface area contributed by atoms with Crippen molar-refractivity contribution in [3.05, 3.63) is 144 Å². The van der Waals surface area contributed by atoms with Gasteiger partial charge in [-0.15, -0.1) is 22.7 Å². The second-order valence-electron chi connectivity index (χ2n) is 21.2. The molecule has 8 aromatic rings. The molecule has 4 aliphatic rings. The number of rotatable bonds is 20. The second-order valence-corrected chi connectivity index (χ2v) is 23.3. The number of carbonyl (C=O) groups is 1. The number of hydrogen-bond acceptors (Lipinski definition) is 11. The maximum absolute atomic E-state index is 16.9. The lowest BCUT2D eigenvalue weighted by Gasteiger charge is -2.18. The monoisotopic (exact) mass is 1050 g/mol. The third kappa shape index (κ3) is 10.8. The number of nitrogens with zero attached hydrogens (tertiary/aromatic N) is 4. The van der Waals surface area contributed by atoms with Gasteiger partial charge in [0, 0.05) is 78.4 Å². The highest BCUT2D eigenvalue weighted by Crippen LogP contribution is 2.50. The van der Waals surface area contributed by atoms with Crippen molar-refractivity contribution in [3.8, 4) is 66.1 Å². The minimum Gasteiger partial charge on any atom is -0.496 e. The topological polar surface area (TPSA) is 67.0 Å². The maximum atomic E-state index is 16.9. The van der Waals surface area contributed by atoms with Crippen molar-refractivity contribution < 1.29 is 23.7 Å². The van der Waals surface area contributed by atoms with E-state index >= 15 is 4.79 Å². The Kier molecular flexibility index (Phi) is 15.5. The lowest BCUT2D eigenvalue weighted by atomic mass is 9.88. The van der Waals surface area contributed by atoms with Gasteiger partial charge in [-0.2, -0.15) is 0 Å². The van der Waals surface area contributed by atoms with Crippen molar-refractivity contribution in [2.24, 2.45) is 0 Å². The van der Waals surface area contributed by atoms with Crippen LogP contribution in [0.2, 0.25) is 0 Å². The van der Waals surface area contributed by atoms with Crippen LogP contribution >= 0.6 is 22.7 Å². The molecule has 0 aliphatic carbocycles. The Hall–Kier alpha value is -6.05. The zero-order valence-electron chi connectivity index (χ0n) is 44.2. The molecule has 4 aliphatic heterocycles. The fourth-order valence-electron chi connectivity index (χ4n) is 12.2. The number of thiophene rings is 2. The standard InChI is InChI=1S/C65H70N4O5S2/c1-71-55-41-47(17-19-49(55)43-68-33-7-8-34-68)53-13-11-15-57-59(53)61(64(75-57)45-21-25-51(26-22-45)73-39-37-66-29-3-4-30-66)63(70)62-60-54(48-18-20-50(56(42-48)72-2)44-69-35-9-10-36-69)14-12-16-58(60)76-65(62)46-23-27-52(28-24-46)74-40-38-67-31-5-6-32-67/h11-28,41-42H,3-10,29-40,43-44H2,1-2H3. The first-order valence-electron chi connectivity index (χ1n) is 27.8. The van der Waals surface area contributed by atoms with Crippen molar-refractivity contribution >= 4 is 48.6 Å². The number of fused-ring (bicyclic) bond motifs is 2. The van der Waals surface area contributed by atoms with Crippen LogP contribution in [0.25, 0.3) is 63.3 Å². The summed E-state index contributed by atoms with van der Waals surface area (Å²) >= 11 is 3.38. The fraction of sp³-hybridized carbons (Fsp3) is 0.369. The summed E-state index contributed by atoms with van der Waals surface area (Å²) in [5.74, 6) is 3.39. The van der Waals surface area contributed by atoms with Gasteiger partial charge in [0.15, 0.2) is 5.78 Å². The van der Waals surface area contributed by atoms with Crippen molar-refractivity contribution in [2.45, 2.75) is 64.5 Å². The molecule has 392 valence electrons. The van der Waals surface area contributed by atoms with Crippen LogP contribution in [0.3, 0.4) is 0 Å². The van der Waals surface area contributed by atoms with Crippen LogP contribution in [0.4, 0.5) is 0 Å². The van der Waals surface area contributed by atoms with Crippen LogP contribution in [-0.4, -0.2) is 118 Å². The average molecular weight is 1050 g/mol. The van der Waals surface area contributed by atoms with E-state index in [1.807, 2.05) is 0 Å². The fourth-order valence-corrected chi connectivity index (χ4v) is 14.7. The molecular formula is C65H70N4O5S2. The second kappa shape index (κ2) is 23.3. The third-order valence-electron chi connectivity index (χ3n) is 16.2. The van der Waals surface area contributed by atoms with Crippen LogP contribution in [-0.2, 0) is 13.1 Å². The van der Waals surface area contributed by atoms with Gasteiger partial charge in [0.05, 0.1) is 14.2 Å². The van der Waals surface area contributed by atoms with Crippen molar-refractivity contribution in [1.29, 1.82) is 0 Å². The minimum atomic E-state index is -0.00508. The number of hydrogen-bond donors (Lipinski definition) is 0. The molecule has 11 heteroatoms. The van der Waals surface area contributed by atoms with Gasteiger partial charge < -0.3 is 18.9 Å². The Labute approximate surface area is 456 Å². The summed E-state index contributed by atoms with van der Waals surface area (Å²) < 4.78 is 27.1. The van der Waals surface area contributed by atoms with Crippen LogP contribution < -0.4 is 18.9 Å². The van der Waals surface area contributed by atoms with Crippen molar-refractivity contribution in [3.63, 3.8) is 0 Å². The number of benzene rings is 6. The summed E-state index contributed by atoms with van der Waals surface area (Å²) in [5, 5.41) is 1.90. The summed E-state index contributed by atoms with van der Waals surface area (Å²) in [6, 6.07) is 43.1. The van der Waals surface area contributed by atoms with Crippen LogP contribution in [0.5, 0.6) is 23.0 Å². The number of ketones is 1. The number of likely N-dealkylation sites (tertiary alicyclic amines) is 4. The average Bonchev–Trinajstić information content (AvgIpc) is 4.34. The van der Waals surface area contributed by atoms with Gasteiger partial charge in [-0.25, -0.2) is 0 Å². The van der Waals surface area contributed by atoms with Gasteiger partial charge in [0.25, 0.3) is 0 Å². The molecular weight excluding hydrogens is 981 g/mol. The number of methoxy groups -OCH3 is 2.